The Morgan fingerprint density at radius 2 is 1.88 bits per heavy atom. The number of rotatable bonds is 5. The quantitative estimate of drug-likeness (QED) is 0.375. The van der Waals surface area contributed by atoms with Gasteiger partial charge >= 0.3 is 0 Å². The molecule has 0 aromatic carbocycles. The first-order chi connectivity index (χ1) is 11.3. The van der Waals surface area contributed by atoms with Crippen molar-refractivity contribution in [1.82, 2.24) is 20.6 Å². The van der Waals surface area contributed by atoms with Gasteiger partial charge in [0.15, 0.2) is 5.96 Å². The molecule has 0 aliphatic carbocycles. The van der Waals surface area contributed by atoms with E-state index >= 15 is 0 Å². The Balaban J connectivity index is 0.00000312. The first-order valence-electron chi connectivity index (χ1n) is 8.12. The monoisotopic (exact) mass is 493 g/mol. The molecule has 140 valence electrons. The van der Waals surface area contributed by atoms with Crippen LogP contribution in [-0.2, 0) is 18.4 Å². The Bertz CT molecular complexity index is 681. The molecule has 8 heteroatoms. The van der Waals surface area contributed by atoms with E-state index in [1.54, 1.807) is 29.7 Å². The molecule has 0 amide bonds. The van der Waals surface area contributed by atoms with E-state index in [9.17, 15) is 0 Å². The lowest BCUT2D eigenvalue weighted by molar-refractivity contribution is 0.570. The Hall–Kier alpha value is -0.740. The number of aromatic nitrogens is 2. The average molecular weight is 493 g/mol. The average Bonchev–Trinajstić information content (AvgIpc) is 3.10. The van der Waals surface area contributed by atoms with Crippen LogP contribution in [0.1, 0.15) is 47.1 Å². The third-order valence-corrected chi connectivity index (χ3v) is 5.64. The smallest absolute Gasteiger partial charge is 0.191 e. The predicted molar refractivity (Wildman–Crippen MR) is 120 cm³/mol. The van der Waals surface area contributed by atoms with Gasteiger partial charge < -0.3 is 10.6 Å². The van der Waals surface area contributed by atoms with Gasteiger partial charge in [0.2, 0.25) is 0 Å². The standard InChI is InChI=1S/C17H27N5S2.HI/c1-11-12(2)24-14(21-11)7-8-19-16(18-6)20-9-15-22-13(10-23-15)17(3,4)5;/h10H,7-9H2,1-6H3,(H2,18,19,20);1H. The first-order valence-corrected chi connectivity index (χ1v) is 9.81. The summed E-state index contributed by atoms with van der Waals surface area (Å²) in [5.74, 6) is 0.799. The van der Waals surface area contributed by atoms with Crippen molar-refractivity contribution in [3.8, 4) is 0 Å². The molecule has 0 spiro atoms. The highest BCUT2D eigenvalue weighted by atomic mass is 127. The molecule has 2 heterocycles. The van der Waals surface area contributed by atoms with Crippen LogP contribution in [0.2, 0.25) is 0 Å². The molecule has 2 N–H and O–H groups in total. The molecule has 0 saturated heterocycles. The molecule has 25 heavy (non-hydrogen) atoms. The zero-order valence-corrected chi connectivity index (χ0v) is 19.7. The van der Waals surface area contributed by atoms with Crippen molar-refractivity contribution in [2.45, 2.75) is 53.0 Å². The summed E-state index contributed by atoms with van der Waals surface area (Å²) >= 11 is 3.46. The maximum Gasteiger partial charge on any atom is 0.191 e. The van der Waals surface area contributed by atoms with Gasteiger partial charge in [0.1, 0.15) is 5.01 Å². The number of hydrogen-bond acceptors (Lipinski definition) is 5. The topological polar surface area (TPSA) is 62.2 Å². The predicted octanol–water partition coefficient (Wildman–Crippen LogP) is 4.04. The van der Waals surface area contributed by atoms with E-state index in [-0.39, 0.29) is 29.4 Å². The van der Waals surface area contributed by atoms with Gasteiger partial charge in [0.05, 0.1) is 22.9 Å². The molecule has 2 rings (SSSR count). The summed E-state index contributed by atoms with van der Waals surface area (Å²) in [5, 5.41) is 11.0. The maximum atomic E-state index is 4.69. The molecule has 0 aliphatic rings. The summed E-state index contributed by atoms with van der Waals surface area (Å²) < 4.78 is 0. The largest absolute Gasteiger partial charge is 0.356 e. The second-order valence-electron chi connectivity index (χ2n) is 6.73. The molecule has 2 aromatic rings. The number of aryl methyl sites for hydroxylation is 2. The fourth-order valence-corrected chi connectivity index (χ4v) is 3.94. The highest BCUT2D eigenvalue weighted by molar-refractivity contribution is 14.0. The van der Waals surface area contributed by atoms with Crippen LogP contribution in [0.3, 0.4) is 0 Å². The van der Waals surface area contributed by atoms with Crippen LogP contribution in [0.5, 0.6) is 0 Å². The third kappa shape index (κ3) is 6.82. The normalized spacial score (nSPS) is 12.0. The minimum atomic E-state index is 0. The highest BCUT2D eigenvalue weighted by Crippen LogP contribution is 2.23. The van der Waals surface area contributed by atoms with E-state index in [2.05, 4.69) is 60.6 Å². The summed E-state index contributed by atoms with van der Waals surface area (Å²) in [7, 11) is 1.79. The summed E-state index contributed by atoms with van der Waals surface area (Å²) in [6.45, 7) is 12.2. The van der Waals surface area contributed by atoms with Gasteiger partial charge in [0.25, 0.3) is 0 Å². The minimum Gasteiger partial charge on any atom is -0.356 e. The zero-order chi connectivity index (χ0) is 17.7. The number of nitrogens with one attached hydrogen (secondary N) is 2. The molecular formula is C17H28IN5S2. The number of guanidine groups is 1. The van der Waals surface area contributed by atoms with Crippen LogP contribution in [0.15, 0.2) is 10.4 Å². The Labute approximate surface area is 175 Å². The number of hydrogen-bond donors (Lipinski definition) is 2. The summed E-state index contributed by atoms with van der Waals surface area (Å²) in [6, 6.07) is 0. The van der Waals surface area contributed by atoms with Crippen LogP contribution in [0.25, 0.3) is 0 Å². The van der Waals surface area contributed by atoms with Crippen molar-refractivity contribution < 1.29 is 0 Å². The second kappa shape index (κ2) is 9.82. The number of thiazole rings is 2. The molecule has 0 aliphatic heterocycles. The van der Waals surface area contributed by atoms with Gasteiger partial charge in [-0.15, -0.1) is 46.7 Å². The van der Waals surface area contributed by atoms with E-state index in [4.69, 9.17) is 4.98 Å². The van der Waals surface area contributed by atoms with E-state index in [1.165, 1.54) is 9.88 Å². The lowest BCUT2D eigenvalue weighted by Crippen LogP contribution is -2.37. The third-order valence-electron chi connectivity index (χ3n) is 3.65. The molecule has 0 bridgehead atoms. The molecule has 0 atom stereocenters. The number of aliphatic imine (C=N–C) groups is 1. The summed E-state index contributed by atoms with van der Waals surface area (Å²) in [4.78, 5) is 14.8. The van der Waals surface area contributed by atoms with E-state index in [0.717, 1.165) is 35.3 Å². The summed E-state index contributed by atoms with van der Waals surface area (Å²) in [6.07, 6.45) is 0.908. The zero-order valence-electron chi connectivity index (χ0n) is 15.8. The Morgan fingerprint density at radius 1 is 1.16 bits per heavy atom. The molecule has 5 nitrogen and oxygen atoms in total. The fourth-order valence-electron chi connectivity index (χ4n) is 2.05. The van der Waals surface area contributed by atoms with E-state index in [1.807, 2.05) is 0 Å². The lowest BCUT2D eigenvalue weighted by atomic mass is 9.93. The minimum absolute atomic E-state index is 0. The Morgan fingerprint density at radius 3 is 2.40 bits per heavy atom. The van der Waals surface area contributed by atoms with Crippen molar-refractivity contribution in [1.29, 1.82) is 0 Å². The first kappa shape index (κ1) is 22.3. The van der Waals surface area contributed by atoms with Crippen LogP contribution >= 0.6 is 46.7 Å². The van der Waals surface area contributed by atoms with Gasteiger partial charge in [-0.25, -0.2) is 9.97 Å². The van der Waals surface area contributed by atoms with Crippen molar-refractivity contribution in [2.24, 2.45) is 4.99 Å². The molecule has 0 radical (unpaired) electrons. The van der Waals surface area contributed by atoms with Crippen LogP contribution < -0.4 is 10.6 Å². The fraction of sp³-hybridized carbons (Fsp3) is 0.588. The van der Waals surface area contributed by atoms with E-state index in [0.29, 0.717) is 6.54 Å². The SMILES string of the molecule is CN=C(NCCc1nc(C)c(C)s1)NCc1nc(C(C)(C)C)cs1.I. The van der Waals surface area contributed by atoms with Crippen LogP contribution in [0.4, 0.5) is 0 Å². The second-order valence-corrected chi connectivity index (χ2v) is 8.96. The summed E-state index contributed by atoms with van der Waals surface area (Å²) in [5.41, 5.74) is 2.37. The van der Waals surface area contributed by atoms with Gasteiger partial charge in [-0.05, 0) is 13.8 Å². The van der Waals surface area contributed by atoms with Crippen molar-refractivity contribution in [3.05, 3.63) is 31.7 Å². The van der Waals surface area contributed by atoms with Gasteiger partial charge in [-0.1, -0.05) is 20.8 Å². The molecule has 2 aromatic heterocycles. The van der Waals surface area contributed by atoms with Crippen molar-refractivity contribution in [3.63, 3.8) is 0 Å². The van der Waals surface area contributed by atoms with Crippen LogP contribution in [0, 0.1) is 13.8 Å². The van der Waals surface area contributed by atoms with Gasteiger partial charge in [-0.2, -0.15) is 0 Å². The maximum absolute atomic E-state index is 4.69. The van der Waals surface area contributed by atoms with Gasteiger partial charge in [0, 0.05) is 35.7 Å². The lowest BCUT2D eigenvalue weighted by Gasteiger charge is -2.14. The number of halogens is 1. The van der Waals surface area contributed by atoms with Crippen molar-refractivity contribution >= 4 is 52.6 Å². The van der Waals surface area contributed by atoms with Crippen molar-refractivity contribution in [2.75, 3.05) is 13.6 Å². The molecule has 0 fully saturated rings. The molecule has 0 saturated carbocycles. The molecule has 0 unspecified atom stereocenters. The Kier molecular flexibility index (Phi) is 8.76. The number of nitrogens with zero attached hydrogens (tertiary/aromatic N) is 3. The molecular weight excluding hydrogens is 465 g/mol. The van der Waals surface area contributed by atoms with E-state index < -0.39 is 0 Å². The van der Waals surface area contributed by atoms with Crippen LogP contribution in [-0.4, -0.2) is 29.5 Å². The van der Waals surface area contributed by atoms with Gasteiger partial charge in [-0.3, -0.25) is 4.99 Å². The highest BCUT2D eigenvalue weighted by Gasteiger charge is 2.17.